The highest BCUT2D eigenvalue weighted by Crippen LogP contribution is 2.12. The van der Waals surface area contributed by atoms with Crippen molar-refractivity contribution in [2.24, 2.45) is 0 Å². The number of carbonyl (C=O) groups excluding carboxylic acids is 1. The molecule has 1 aromatic rings. The molecule has 1 aromatic carbocycles. The quantitative estimate of drug-likeness (QED) is 0.600. The van der Waals surface area contributed by atoms with Crippen LogP contribution >= 0.6 is 0 Å². The lowest BCUT2D eigenvalue weighted by Gasteiger charge is -2.27. The van der Waals surface area contributed by atoms with Gasteiger partial charge in [-0.25, -0.2) is 5.43 Å². The fourth-order valence-corrected chi connectivity index (χ4v) is 2.03. The summed E-state index contributed by atoms with van der Waals surface area (Å²) in [7, 11) is 0. The zero-order valence-electron chi connectivity index (χ0n) is 10.1. The van der Waals surface area contributed by atoms with Crippen LogP contribution in [0, 0.1) is 0 Å². The van der Waals surface area contributed by atoms with Crippen LogP contribution < -0.4 is 10.9 Å². The van der Waals surface area contributed by atoms with Crippen molar-refractivity contribution in [2.75, 3.05) is 0 Å². The van der Waals surface area contributed by atoms with Crippen LogP contribution in [0.3, 0.4) is 0 Å². The van der Waals surface area contributed by atoms with E-state index in [1.165, 1.54) is 5.56 Å². The van der Waals surface area contributed by atoms with Crippen molar-refractivity contribution in [3.63, 3.8) is 0 Å². The maximum absolute atomic E-state index is 11.0. The van der Waals surface area contributed by atoms with E-state index >= 15 is 0 Å². The molecule has 4 N–H and O–H groups in total. The molecule has 1 saturated heterocycles. The van der Waals surface area contributed by atoms with E-state index < -0.39 is 6.10 Å². The van der Waals surface area contributed by atoms with E-state index in [1.54, 1.807) is 0 Å². The van der Waals surface area contributed by atoms with E-state index in [2.05, 4.69) is 10.9 Å². The second-order valence-electron chi connectivity index (χ2n) is 4.60. The third kappa shape index (κ3) is 3.29. The van der Waals surface area contributed by atoms with Gasteiger partial charge in [-0.3, -0.25) is 10.2 Å². The third-order valence-corrected chi connectivity index (χ3v) is 3.20. The molecule has 1 aliphatic rings. The van der Waals surface area contributed by atoms with Crippen molar-refractivity contribution >= 4 is 5.91 Å². The molecular formula is C13H18N2O3. The number of aryl methyl sites for hydroxylation is 1. The van der Waals surface area contributed by atoms with Gasteiger partial charge in [-0.1, -0.05) is 24.3 Å². The van der Waals surface area contributed by atoms with E-state index in [-0.39, 0.29) is 18.6 Å². The van der Waals surface area contributed by atoms with Crippen LogP contribution in [0.5, 0.6) is 0 Å². The Balaban J connectivity index is 1.82. The number of hydrogen-bond acceptors (Lipinski definition) is 4. The van der Waals surface area contributed by atoms with Crippen LogP contribution in [0.1, 0.15) is 24.0 Å². The minimum atomic E-state index is -0.909. The molecule has 2 atom stereocenters. The normalized spacial score (nSPS) is 23.8. The van der Waals surface area contributed by atoms with Gasteiger partial charge in [0.05, 0.1) is 6.61 Å². The first-order valence-electron chi connectivity index (χ1n) is 6.11. The van der Waals surface area contributed by atoms with Gasteiger partial charge in [-0.2, -0.15) is 0 Å². The van der Waals surface area contributed by atoms with Crippen LogP contribution in [0.2, 0.25) is 0 Å². The number of amides is 1. The molecule has 2 rings (SSSR count). The maximum atomic E-state index is 11.0. The molecule has 1 aliphatic heterocycles. The lowest BCUT2D eigenvalue weighted by atomic mass is 9.99. The van der Waals surface area contributed by atoms with Gasteiger partial charge in [0.25, 0.3) is 5.91 Å². The Hall–Kier alpha value is -1.43. The Labute approximate surface area is 106 Å². The van der Waals surface area contributed by atoms with Gasteiger partial charge in [0, 0.05) is 6.04 Å². The molecule has 2 unspecified atom stereocenters. The lowest BCUT2D eigenvalue weighted by molar-refractivity contribution is -0.134. The lowest BCUT2D eigenvalue weighted by Crippen LogP contribution is -2.55. The zero-order chi connectivity index (χ0) is 13.0. The van der Waals surface area contributed by atoms with Crippen LogP contribution in [-0.4, -0.2) is 28.3 Å². The molecule has 0 saturated carbocycles. The first-order chi connectivity index (χ1) is 8.69. The molecule has 18 heavy (non-hydrogen) atoms. The van der Waals surface area contributed by atoms with Crippen molar-refractivity contribution in [3.8, 4) is 0 Å². The van der Waals surface area contributed by atoms with Gasteiger partial charge in [-0.15, -0.1) is 0 Å². The molecule has 0 aromatic heterocycles. The number of rotatable bonds is 4. The Kier molecular flexibility index (Phi) is 4.30. The molecule has 1 amide bonds. The predicted octanol–water partition coefficient (Wildman–Crippen LogP) is -0.135. The summed E-state index contributed by atoms with van der Waals surface area (Å²) in [6.45, 7) is 0.0582. The number of aliphatic hydroxyl groups is 2. The van der Waals surface area contributed by atoms with Gasteiger partial charge < -0.3 is 10.2 Å². The summed E-state index contributed by atoms with van der Waals surface area (Å²) in [5.41, 5.74) is 7.44. The first-order valence-corrected chi connectivity index (χ1v) is 6.11. The van der Waals surface area contributed by atoms with Crippen molar-refractivity contribution < 1.29 is 15.0 Å². The number of hydrazine groups is 1. The van der Waals surface area contributed by atoms with Crippen LogP contribution in [-0.2, 0) is 17.8 Å². The highest BCUT2D eigenvalue weighted by molar-refractivity contribution is 5.80. The van der Waals surface area contributed by atoms with Crippen molar-refractivity contribution in [1.29, 1.82) is 0 Å². The fourth-order valence-electron chi connectivity index (χ4n) is 2.03. The summed E-state index contributed by atoms with van der Waals surface area (Å²) in [5.74, 6) is -0.362. The van der Waals surface area contributed by atoms with E-state index in [0.29, 0.717) is 6.42 Å². The Morgan fingerprint density at radius 2 is 1.89 bits per heavy atom. The smallest absolute Gasteiger partial charge is 0.262 e. The van der Waals surface area contributed by atoms with Crippen molar-refractivity contribution in [3.05, 3.63) is 35.4 Å². The number of benzene rings is 1. The molecule has 0 spiro atoms. The molecule has 1 heterocycles. The first kappa shape index (κ1) is 13.0. The van der Waals surface area contributed by atoms with Crippen LogP contribution in [0.25, 0.3) is 0 Å². The summed E-state index contributed by atoms with van der Waals surface area (Å²) in [6, 6.07) is 7.88. The maximum Gasteiger partial charge on any atom is 0.262 e. The molecular weight excluding hydrogens is 232 g/mol. The van der Waals surface area contributed by atoms with Crippen LogP contribution in [0.15, 0.2) is 24.3 Å². The minimum absolute atomic E-state index is 0.0582. The molecule has 5 nitrogen and oxygen atoms in total. The number of nitrogens with one attached hydrogen (secondary N) is 2. The predicted molar refractivity (Wildman–Crippen MR) is 66.4 cm³/mol. The fraction of sp³-hybridized carbons (Fsp3) is 0.462. The van der Waals surface area contributed by atoms with E-state index in [0.717, 1.165) is 18.4 Å². The van der Waals surface area contributed by atoms with E-state index in [4.69, 9.17) is 5.11 Å². The number of hydrogen-bond donors (Lipinski definition) is 4. The molecule has 0 aliphatic carbocycles. The molecule has 98 valence electrons. The summed E-state index contributed by atoms with van der Waals surface area (Å²) in [6.07, 6.45) is 1.25. The number of aliphatic hydroxyl groups excluding tert-OH is 2. The minimum Gasteiger partial charge on any atom is -0.392 e. The summed E-state index contributed by atoms with van der Waals surface area (Å²) < 4.78 is 0. The summed E-state index contributed by atoms with van der Waals surface area (Å²) in [5, 5.41) is 18.4. The molecule has 0 radical (unpaired) electrons. The standard InChI is InChI=1S/C13H18N2O3/c16-8-10-3-1-9(2-4-10)5-6-11-7-12(17)13(18)15-14-11/h1-4,11-12,14,16-17H,5-8H2,(H,15,18). The van der Waals surface area contributed by atoms with E-state index in [1.807, 2.05) is 24.3 Å². The zero-order valence-corrected chi connectivity index (χ0v) is 10.1. The van der Waals surface area contributed by atoms with E-state index in [9.17, 15) is 9.90 Å². The van der Waals surface area contributed by atoms with Crippen molar-refractivity contribution in [1.82, 2.24) is 10.9 Å². The Morgan fingerprint density at radius 3 is 2.50 bits per heavy atom. The average Bonchev–Trinajstić information content (AvgIpc) is 2.41. The Morgan fingerprint density at radius 1 is 1.22 bits per heavy atom. The second-order valence-corrected chi connectivity index (χ2v) is 4.60. The van der Waals surface area contributed by atoms with Gasteiger partial charge in [0.15, 0.2) is 0 Å². The number of carbonyl (C=O) groups is 1. The highest BCUT2D eigenvalue weighted by Gasteiger charge is 2.25. The second kappa shape index (κ2) is 5.95. The summed E-state index contributed by atoms with van der Waals surface area (Å²) in [4.78, 5) is 11.0. The topological polar surface area (TPSA) is 81.6 Å². The Bertz CT molecular complexity index is 405. The van der Waals surface area contributed by atoms with Gasteiger partial charge in [0.2, 0.25) is 0 Å². The van der Waals surface area contributed by atoms with Gasteiger partial charge in [-0.05, 0) is 30.4 Å². The SMILES string of the molecule is O=C1NNC(CCc2ccc(CO)cc2)CC1O. The molecule has 1 fully saturated rings. The average molecular weight is 250 g/mol. The molecule has 0 bridgehead atoms. The third-order valence-electron chi connectivity index (χ3n) is 3.20. The van der Waals surface area contributed by atoms with Crippen LogP contribution in [0.4, 0.5) is 0 Å². The molecule has 5 heteroatoms. The largest absolute Gasteiger partial charge is 0.392 e. The van der Waals surface area contributed by atoms with Crippen molar-refractivity contribution in [2.45, 2.75) is 38.0 Å². The monoisotopic (exact) mass is 250 g/mol. The van der Waals surface area contributed by atoms with Gasteiger partial charge in [0.1, 0.15) is 6.10 Å². The highest BCUT2D eigenvalue weighted by atomic mass is 16.3. The summed E-state index contributed by atoms with van der Waals surface area (Å²) >= 11 is 0. The van der Waals surface area contributed by atoms with Gasteiger partial charge >= 0.3 is 0 Å².